The molecule has 1 saturated heterocycles. The van der Waals surface area contributed by atoms with Gasteiger partial charge in [0.15, 0.2) is 0 Å². The lowest BCUT2D eigenvalue weighted by atomic mass is 9.81. The molecule has 2 unspecified atom stereocenters. The minimum Gasteiger partial charge on any atom is -0.352 e. The van der Waals surface area contributed by atoms with Gasteiger partial charge in [-0.25, -0.2) is 4.68 Å². The predicted molar refractivity (Wildman–Crippen MR) is 112 cm³/mol. The third kappa shape index (κ3) is 3.76. The summed E-state index contributed by atoms with van der Waals surface area (Å²) in [5.74, 6) is -0.676. The summed E-state index contributed by atoms with van der Waals surface area (Å²) in [6.45, 7) is 4.45. The Bertz CT molecular complexity index is 942. The topological polar surface area (TPSA) is 84.3 Å². The molecule has 7 heteroatoms. The Morgan fingerprint density at radius 2 is 1.70 bits per heavy atom. The second kappa shape index (κ2) is 8.42. The number of hydrogen-bond donors (Lipinski definition) is 1. The molecule has 4 rings (SSSR count). The Morgan fingerprint density at radius 1 is 1.07 bits per heavy atom. The van der Waals surface area contributed by atoms with E-state index in [2.05, 4.69) is 10.4 Å². The lowest BCUT2D eigenvalue weighted by Gasteiger charge is -2.19. The molecule has 1 aromatic heterocycles. The van der Waals surface area contributed by atoms with Crippen molar-refractivity contribution in [2.75, 3.05) is 6.54 Å². The average Bonchev–Trinajstić information content (AvgIpc) is 3.18. The summed E-state index contributed by atoms with van der Waals surface area (Å²) in [6, 6.07) is 9.86. The monoisotopic (exact) mass is 408 g/mol. The number of carbonyl (C=O) groups is 3. The van der Waals surface area contributed by atoms with Gasteiger partial charge in [0.25, 0.3) is 0 Å². The maximum atomic E-state index is 12.5. The highest BCUT2D eigenvalue weighted by Crippen LogP contribution is 2.37. The molecule has 2 aromatic rings. The number of nitrogens with one attached hydrogen (secondary N) is 1. The van der Waals surface area contributed by atoms with Crippen LogP contribution in [0.15, 0.2) is 30.3 Å². The Hall–Kier alpha value is -2.96. The maximum Gasteiger partial charge on any atom is 0.233 e. The molecule has 1 N–H and O–H groups in total. The first-order valence-electron chi connectivity index (χ1n) is 10.7. The molecule has 2 aliphatic rings. The molecule has 30 heavy (non-hydrogen) atoms. The highest BCUT2D eigenvalue weighted by molar-refractivity contribution is 6.05. The van der Waals surface area contributed by atoms with Crippen LogP contribution in [-0.2, 0) is 20.9 Å². The van der Waals surface area contributed by atoms with Crippen LogP contribution < -0.4 is 5.32 Å². The van der Waals surface area contributed by atoms with Gasteiger partial charge in [-0.15, -0.1) is 0 Å². The van der Waals surface area contributed by atoms with Crippen LogP contribution in [0.4, 0.5) is 0 Å². The number of carbonyl (C=O) groups excluding carboxylic acids is 3. The third-order valence-electron chi connectivity index (χ3n) is 6.40. The van der Waals surface area contributed by atoms with Crippen molar-refractivity contribution < 1.29 is 14.4 Å². The first kappa shape index (κ1) is 20.3. The van der Waals surface area contributed by atoms with E-state index in [0.717, 1.165) is 48.3 Å². The lowest BCUT2D eigenvalue weighted by molar-refractivity contribution is -0.140. The molecule has 1 aliphatic heterocycles. The number of fused-ring (bicyclic) bond motifs is 1. The molecule has 1 aliphatic carbocycles. The van der Waals surface area contributed by atoms with Gasteiger partial charge in [0.2, 0.25) is 17.7 Å². The van der Waals surface area contributed by atoms with E-state index in [1.165, 1.54) is 4.90 Å². The number of hydrogen-bond acceptors (Lipinski definition) is 4. The zero-order chi connectivity index (χ0) is 21.3. The zero-order valence-electron chi connectivity index (χ0n) is 17.6. The minimum atomic E-state index is -0.170. The van der Waals surface area contributed by atoms with E-state index < -0.39 is 0 Å². The van der Waals surface area contributed by atoms with E-state index in [1.54, 1.807) is 0 Å². The normalized spacial score (nSPS) is 21.1. The van der Waals surface area contributed by atoms with Crippen molar-refractivity contribution in [3.05, 3.63) is 47.3 Å². The van der Waals surface area contributed by atoms with Crippen molar-refractivity contribution in [3.8, 4) is 5.69 Å². The van der Waals surface area contributed by atoms with E-state index in [-0.39, 0.29) is 42.5 Å². The van der Waals surface area contributed by atoms with Crippen molar-refractivity contribution in [1.29, 1.82) is 0 Å². The largest absolute Gasteiger partial charge is 0.352 e. The number of amides is 3. The van der Waals surface area contributed by atoms with Crippen molar-refractivity contribution in [1.82, 2.24) is 20.0 Å². The predicted octanol–water partition coefficient (Wildman–Crippen LogP) is 2.67. The average molecular weight is 409 g/mol. The highest BCUT2D eigenvalue weighted by Gasteiger charge is 2.47. The van der Waals surface area contributed by atoms with Crippen LogP contribution in [0.5, 0.6) is 0 Å². The van der Waals surface area contributed by atoms with E-state index in [9.17, 15) is 14.4 Å². The molecule has 2 heterocycles. The lowest BCUT2D eigenvalue weighted by Crippen LogP contribution is -2.35. The Kier molecular flexibility index (Phi) is 5.70. The zero-order valence-corrected chi connectivity index (χ0v) is 17.6. The van der Waals surface area contributed by atoms with Gasteiger partial charge >= 0.3 is 0 Å². The number of para-hydroxylation sites is 1. The Labute approximate surface area is 176 Å². The van der Waals surface area contributed by atoms with Crippen LogP contribution in [0.1, 0.15) is 49.1 Å². The van der Waals surface area contributed by atoms with Gasteiger partial charge in [-0.2, -0.15) is 5.10 Å². The van der Waals surface area contributed by atoms with Gasteiger partial charge in [0.1, 0.15) is 0 Å². The van der Waals surface area contributed by atoms with Crippen molar-refractivity contribution >= 4 is 17.7 Å². The molecule has 2 fully saturated rings. The van der Waals surface area contributed by atoms with E-state index in [0.29, 0.717) is 6.54 Å². The molecule has 1 aromatic carbocycles. The molecule has 158 valence electrons. The van der Waals surface area contributed by atoms with Crippen LogP contribution in [0.3, 0.4) is 0 Å². The van der Waals surface area contributed by atoms with Gasteiger partial charge in [0, 0.05) is 30.8 Å². The fourth-order valence-corrected chi connectivity index (χ4v) is 4.69. The smallest absolute Gasteiger partial charge is 0.233 e. The summed E-state index contributed by atoms with van der Waals surface area (Å²) in [5.41, 5.74) is 3.80. The van der Waals surface area contributed by atoms with E-state index in [4.69, 9.17) is 0 Å². The number of rotatable bonds is 6. The Morgan fingerprint density at radius 3 is 2.33 bits per heavy atom. The van der Waals surface area contributed by atoms with Gasteiger partial charge < -0.3 is 5.32 Å². The van der Waals surface area contributed by atoms with Crippen molar-refractivity contribution in [3.63, 3.8) is 0 Å². The summed E-state index contributed by atoms with van der Waals surface area (Å²) >= 11 is 0. The van der Waals surface area contributed by atoms with Gasteiger partial charge in [-0.3, -0.25) is 19.3 Å². The summed E-state index contributed by atoms with van der Waals surface area (Å²) in [7, 11) is 0. The number of benzene rings is 1. The molecular formula is C23H28N4O3. The summed E-state index contributed by atoms with van der Waals surface area (Å²) < 4.78 is 1.88. The third-order valence-corrected chi connectivity index (χ3v) is 6.40. The van der Waals surface area contributed by atoms with Crippen LogP contribution >= 0.6 is 0 Å². The van der Waals surface area contributed by atoms with E-state index in [1.807, 2.05) is 48.9 Å². The number of aryl methyl sites for hydroxylation is 1. The SMILES string of the molecule is Cc1nn(-c2ccccc2)c(C)c1CNC(=O)CCN1C(=O)C2CCCCC2C1=O. The quantitative estimate of drug-likeness (QED) is 0.745. The fraction of sp³-hybridized carbons (Fsp3) is 0.478. The maximum absolute atomic E-state index is 12.5. The first-order valence-corrected chi connectivity index (χ1v) is 10.7. The van der Waals surface area contributed by atoms with Crippen LogP contribution in [0, 0.1) is 25.7 Å². The highest BCUT2D eigenvalue weighted by atomic mass is 16.2. The van der Waals surface area contributed by atoms with Crippen molar-refractivity contribution in [2.24, 2.45) is 11.8 Å². The summed E-state index contributed by atoms with van der Waals surface area (Å²) in [4.78, 5) is 38.8. The standard InChI is InChI=1S/C23H28N4O3/c1-15-20(16(2)27(25-15)17-8-4-3-5-9-17)14-24-21(28)12-13-26-22(29)18-10-6-7-11-19(18)23(26)30/h3-5,8-9,18-19H,6-7,10-14H2,1-2H3,(H,24,28). The molecule has 0 radical (unpaired) electrons. The Balaban J connectivity index is 1.34. The number of imide groups is 1. The van der Waals surface area contributed by atoms with Gasteiger partial charge in [0.05, 0.1) is 23.2 Å². The molecule has 1 saturated carbocycles. The molecule has 3 amide bonds. The van der Waals surface area contributed by atoms with Crippen LogP contribution in [-0.4, -0.2) is 38.9 Å². The first-order chi connectivity index (χ1) is 14.5. The molecular weight excluding hydrogens is 380 g/mol. The molecule has 0 bridgehead atoms. The van der Waals surface area contributed by atoms with Crippen LogP contribution in [0.2, 0.25) is 0 Å². The van der Waals surface area contributed by atoms with E-state index >= 15 is 0 Å². The fourth-order valence-electron chi connectivity index (χ4n) is 4.69. The van der Waals surface area contributed by atoms with Crippen LogP contribution in [0.25, 0.3) is 5.69 Å². The minimum absolute atomic E-state index is 0.0895. The second-order valence-electron chi connectivity index (χ2n) is 8.25. The number of nitrogens with zero attached hydrogens (tertiary/aromatic N) is 3. The molecule has 2 atom stereocenters. The second-order valence-corrected chi connectivity index (χ2v) is 8.25. The molecule has 7 nitrogen and oxygen atoms in total. The number of aromatic nitrogens is 2. The van der Waals surface area contributed by atoms with Gasteiger partial charge in [-0.05, 0) is 38.8 Å². The van der Waals surface area contributed by atoms with Gasteiger partial charge in [-0.1, -0.05) is 31.0 Å². The summed E-state index contributed by atoms with van der Waals surface area (Å²) in [5, 5.41) is 7.52. The molecule has 0 spiro atoms. The number of likely N-dealkylation sites (tertiary alicyclic amines) is 1. The van der Waals surface area contributed by atoms with Crippen molar-refractivity contribution in [2.45, 2.75) is 52.5 Å². The summed E-state index contributed by atoms with van der Waals surface area (Å²) in [6.07, 6.45) is 3.72.